The number of rotatable bonds is 3. The Hall–Kier alpha value is -1.39. The molecule has 22 heavy (non-hydrogen) atoms. The number of aliphatic hydroxyl groups is 1. The van der Waals surface area contributed by atoms with E-state index in [-0.39, 0.29) is 12.0 Å². The van der Waals surface area contributed by atoms with Gasteiger partial charge in [-0.05, 0) is 37.3 Å². The van der Waals surface area contributed by atoms with Crippen molar-refractivity contribution >= 4 is 5.91 Å². The van der Waals surface area contributed by atoms with E-state index in [2.05, 4.69) is 17.9 Å². The van der Waals surface area contributed by atoms with E-state index in [4.69, 9.17) is 0 Å². The molecule has 1 aliphatic carbocycles. The Kier molecular flexibility index (Phi) is 4.79. The second-order valence-corrected chi connectivity index (χ2v) is 6.59. The maximum absolute atomic E-state index is 12.5. The van der Waals surface area contributed by atoms with Crippen molar-refractivity contribution in [1.29, 1.82) is 0 Å². The van der Waals surface area contributed by atoms with Gasteiger partial charge in [-0.1, -0.05) is 24.3 Å². The largest absolute Gasteiger partial charge is 0.391 e. The van der Waals surface area contributed by atoms with Crippen LogP contribution in [0.5, 0.6) is 0 Å². The molecule has 4 heteroatoms. The van der Waals surface area contributed by atoms with Crippen molar-refractivity contribution < 1.29 is 9.90 Å². The highest BCUT2D eigenvalue weighted by Gasteiger charge is 2.33. The van der Waals surface area contributed by atoms with Crippen LogP contribution < -0.4 is 0 Å². The van der Waals surface area contributed by atoms with Crippen molar-refractivity contribution in [3.63, 3.8) is 0 Å². The Morgan fingerprint density at radius 3 is 2.55 bits per heavy atom. The van der Waals surface area contributed by atoms with Crippen LogP contribution in [0.1, 0.15) is 30.4 Å². The second kappa shape index (κ2) is 6.80. The summed E-state index contributed by atoms with van der Waals surface area (Å²) in [6, 6.07) is 8.42. The average molecular weight is 302 g/mol. The molecule has 2 atom stereocenters. The zero-order valence-corrected chi connectivity index (χ0v) is 13.4. The van der Waals surface area contributed by atoms with Gasteiger partial charge in [-0.15, -0.1) is 0 Å². The molecule has 2 fully saturated rings. The number of carbonyl (C=O) groups excluding carboxylic acids is 1. The molecule has 0 radical (unpaired) electrons. The van der Waals surface area contributed by atoms with Crippen molar-refractivity contribution in [3.8, 4) is 0 Å². The van der Waals surface area contributed by atoms with Gasteiger partial charge in [0.15, 0.2) is 0 Å². The van der Waals surface area contributed by atoms with Gasteiger partial charge in [0.1, 0.15) is 0 Å². The topological polar surface area (TPSA) is 43.8 Å². The first-order valence-corrected chi connectivity index (χ1v) is 8.39. The molecule has 0 spiro atoms. The van der Waals surface area contributed by atoms with E-state index in [1.165, 1.54) is 5.56 Å². The van der Waals surface area contributed by atoms with Crippen LogP contribution in [0.3, 0.4) is 0 Å². The molecular weight excluding hydrogens is 276 g/mol. The third-order valence-electron chi connectivity index (χ3n) is 5.18. The Morgan fingerprint density at radius 1 is 1.18 bits per heavy atom. The fourth-order valence-electron chi connectivity index (χ4n) is 3.73. The van der Waals surface area contributed by atoms with Gasteiger partial charge >= 0.3 is 0 Å². The van der Waals surface area contributed by atoms with E-state index in [1.807, 2.05) is 23.1 Å². The lowest BCUT2D eigenvalue weighted by atomic mass is 10.0. The minimum Gasteiger partial charge on any atom is -0.391 e. The summed E-state index contributed by atoms with van der Waals surface area (Å²) in [7, 11) is 0. The van der Waals surface area contributed by atoms with Crippen LogP contribution in [0.4, 0.5) is 0 Å². The van der Waals surface area contributed by atoms with E-state index < -0.39 is 0 Å². The van der Waals surface area contributed by atoms with Crippen LogP contribution in [-0.4, -0.2) is 59.1 Å². The summed E-state index contributed by atoms with van der Waals surface area (Å²) in [5.41, 5.74) is 2.31. The highest BCUT2D eigenvalue weighted by molar-refractivity contribution is 5.79. The smallest absolute Gasteiger partial charge is 0.227 e. The molecule has 0 aromatic heterocycles. The first-order valence-electron chi connectivity index (χ1n) is 8.39. The molecule has 1 amide bonds. The fourth-order valence-corrected chi connectivity index (χ4v) is 3.73. The third kappa shape index (κ3) is 3.33. The maximum Gasteiger partial charge on any atom is 0.227 e. The molecule has 2 aliphatic rings. The maximum atomic E-state index is 12.5. The monoisotopic (exact) mass is 302 g/mol. The Balaban J connectivity index is 1.53. The lowest BCUT2D eigenvalue weighted by molar-refractivity contribution is -0.132. The summed E-state index contributed by atoms with van der Waals surface area (Å²) in [6.07, 6.45) is 3.47. The molecule has 1 aromatic rings. The number of hydrogen-bond acceptors (Lipinski definition) is 3. The van der Waals surface area contributed by atoms with Crippen LogP contribution in [0, 0.1) is 6.92 Å². The first kappa shape index (κ1) is 15.5. The second-order valence-electron chi connectivity index (χ2n) is 6.59. The van der Waals surface area contributed by atoms with E-state index >= 15 is 0 Å². The summed E-state index contributed by atoms with van der Waals surface area (Å²) >= 11 is 0. The van der Waals surface area contributed by atoms with Gasteiger partial charge in [0, 0.05) is 32.2 Å². The summed E-state index contributed by atoms with van der Waals surface area (Å²) < 4.78 is 0. The number of benzene rings is 1. The SMILES string of the molecule is Cc1ccccc1CC(=O)N1CCN([C@H]2CCC[C@@H]2O)CC1. The molecule has 4 nitrogen and oxygen atoms in total. The van der Waals surface area contributed by atoms with Gasteiger partial charge < -0.3 is 10.0 Å². The van der Waals surface area contributed by atoms with Gasteiger partial charge in [0.05, 0.1) is 12.5 Å². The van der Waals surface area contributed by atoms with Crippen molar-refractivity contribution in [2.24, 2.45) is 0 Å². The van der Waals surface area contributed by atoms with Crippen molar-refractivity contribution in [2.75, 3.05) is 26.2 Å². The average Bonchev–Trinajstić information content (AvgIpc) is 2.96. The summed E-state index contributed by atoms with van der Waals surface area (Å²) in [6.45, 7) is 5.41. The van der Waals surface area contributed by atoms with Gasteiger partial charge in [-0.3, -0.25) is 9.69 Å². The molecule has 1 saturated heterocycles. The van der Waals surface area contributed by atoms with Crippen LogP contribution in [-0.2, 0) is 11.2 Å². The first-order chi connectivity index (χ1) is 10.6. The quantitative estimate of drug-likeness (QED) is 0.922. The van der Waals surface area contributed by atoms with Crippen LogP contribution in [0.15, 0.2) is 24.3 Å². The van der Waals surface area contributed by atoms with Crippen molar-refractivity contribution in [2.45, 2.75) is 44.8 Å². The normalized spacial score (nSPS) is 26.4. The fraction of sp³-hybridized carbons (Fsp3) is 0.611. The van der Waals surface area contributed by atoms with Crippen LogP contribution in [0.2, 0.25) is 0 Å². The molecule has 1 saturated carbocycles. The van der Waals surface area contributed by atoms with E-state index in [0.717, 1.165) is 51.0 Å². The van der Waals surface area contributed by atoms with Crippen molar-refractivity contribution in [3.05, 3.63) is 35.4 Å². The molecule has 0 bridgehead atoms. The molecule has 1 aromatic carbocycles. The minimum atomic E-state index is -0.172. The Labute approximate surface area is 132 Å². The number of amides is 1. The molecule has 0 unspecified atom stereocenters. The lowest BCUT2D eigenvalue weighted by Gasteiger charge is -2.39. The number of carbonyl (C=O) groups is 1. The predicted octanol–water partition coefficient (Wildman–Crippen LogP) is 1.60. The summed E-state index contributed by atoms with van der Waals surface area (Å²) in [4.78, 5) is 16.8. The molecule has 1 N–H and O–H groups in total. The molecule has 1 heterocycles. The third-order valence-corrected chi connectivity index (χ3v) is 5.18. The van der Waals surface area contributed by atoms with E-state index in [9.17, 15) is 9.90 Å². The predicted molar refractivity (Wildman–Crippen MR) is 86.7 cm³/mol. The zero-order chi connectivity index (χ0) is 15.5. The molecule has 3 rings (SSSR count). The number of nitrogens with zero attached hydrogens (tertiary/aromatic N) is 2. The Bertz CT molecular complexity index is 524. The highest BCUT2D eigenvalue weighted by Crippen LogP contribution is 2.25. The number of aliphatic hydroxyl groups excluding tert-OH is 1. The Morgan fingerprint density at radius 2 is 1.91 bits per heavy atom. The minimum absolute atomic E-state index is 0.172. The number of aryl methyl sites for hydroxylation is 1. The number of piperazine rings is 1. The van der Waals surface area contributed by atoms with E-state index in [1.54, 1.807) is 0 Å². The molecule has 120 valence electrons. The van der Waals surface area contributed by atoms with Crippen LogP contribution in [0.25, 0.3) is 0 Å². The summed E-state index contributed by atoms with van der Waals surface area (Å²) in [5, 5.41) is 10.0. The van der Waals surface area contributed by atoms with Gasteiger partial charge in [-0.25, -0.2) is 0 Å². The molecule has 1 aliphatic heterocycles. The zero-order valence-electron chi connectivity index (χ0n) is 13.4. The summed E-state index contributed by atoms with van der Waals surface area (Å²) in [5.74, 6) is 0.223. The number of hydrogen-bond donors (Lipinski definition) is 1. The van der Waals surface area contributed by atoms with Gasteiger partial charge in [0.25, 0.3) is 0 Å². The van der Waals surface area contributed by atoms with Crippen LogP contribution >= 0.6 is 0 Å². The lowest BCUT2D eigenvalue weighted by Crippen LogP contribution is -2.53. The van der Waals surface area contributed by atoms with Gasteiger partial charge in [0.2, 0.25) is 5.91 Å². The van der Waals surface area contributed by atoms with E-state index in [0.29, 0.717) is 12.5 Å². The standard InChI is InChI=1S/C18H26N2O2/c1-14-5-2-3-6-15(14)13-18(22)20-11-9-19(10-12-20)16-7-4-8-17(16)21/h2-3,5-6,16-17,21H,4,7-13H2,1H3/t16-,17-/m0/s1. The van der Waals surface area contributed by atoms with Gasteiger partial charge in [-0.2, -0.15) is 0 Å². The highest BCUT2D eigenvalue weighted by atomic mass is 16.3. The van der Waals surface area contributed by atoms with Crippen molar-refractivity contribution in [1.82, 2.24) is 9.80 Å². The molecular formula is C18H26N2O2.